The highest BCUT2D eigenvalue weighted by molar-refractivity contribution is 5.93. The maximum Gasteiger partial charge on any atom is 0.410 e. The second-order valence-corrected chi connectivity index (χ2v) is 5.36. The molecular formula is C15H15F3N4O2. The van der Waals surface area contributed by atoms with Gasteiger partial charge in [0.05, 0.1) is 12.3 Å². The normalized spacial score (nSPS) is 20.1. The van der Waals surface area contributed by atoms with Gasteiger partial charge in [-0.25, -0.2) is 4.68 Å². The van der Waals surface area contributed by atoms with Crippen LogP contribution < -0.4 is 10.6 Å². The van der Waals surface area contributed by atoms with Crippen LogP contribution in [0.2, 0.25) is 0 Å². The Balaban J connectivity index is 1.94. The summed E-state index contributed by atoms with van der Waals surface area (Å²) in [5, 5.41) is 9.25. The first-order valence-electron chi connectivity index (χ1n) is 7.25. The van der Waals surface area contributed by atoms with E-state index in [1.807, 2.05) is 0 Å². The molecule has 0 aliphatic carbocycles. The molecule has 128 valence electrons. The van der Waals surface area contributed by atoms with E-state index in [0.29, 0.717) is 5.76 Å². The number of furan rings is 1. The van der Waals surface area contributed by atoms with Gasteiger partial charge in [0.1, 0.15) is 11.6 Å². The molecule has 2 aromatic heterocycles. The van der Waals surface area contributed by atoms with Crippen LogP contribution in [0.25, 0.3) is 0 Å². The molecule has 2 atom stereocenters. The Bertz CT molecular complexity index is 736. The SMILES string of the molecule is C=CCNC(=O)c1cc2n(n1)[C@H](C(F)(F)F)C[C@H](c1ccco1)N2. The number of hydrogen-bond donors (Lipinski definition) is 2. The number of nitrogens with zero attached hydrogens (tertiary/aromatic N) is 2. The summed E-state index contributed by atoms with van der Waals surface area (Å²) in [6.07, 6.45) is -1.90. The van der Waals surface area contributed by atoms with Gasteiger partial charge in [0, 0.05) is 19.0 Å². The predicted octanol–water partition coefficient (Wildman–Crippen LogP) is 3.05. The van der Waals surface area contributed by atoms with Gasteiger partial charge in [-0.3, -0.25) is 4.79 Å². The summed E-state index contributed by atoms with van der Waals surface area (Å²) >= 11 is 0. The van der Waals surface area contributed by atoms with Crippen LogP contribution in [0.1, 0.15) is 34.8 Å². The van der Waals surface area contributed by atoms with Gasteiger partial charge in [-0.1, -0.05) is 6.08 Å². The van der Waals surface area contributed by atoms with E-state index in [9.17, 15) is 18.0 Å². The minimum atomic E-state index is -4.50. The summed E-state index contributed by atoms with van der Waals surface area (Å²) in [5.74, 6) is -0.0443. The fraction of sp³-hybridized carbons (Fsp3) is 0.333. The number of anilines is 1. The number of alkyl halides is 3. The maximum atomic E-state index is 13.4. The molecule has 3 heterocycles. The molecule has 0 saturated carbocycles. The van der Waals surface area contributed by atoms with Crippen LogP contribution in [-0.2, 0) is 0 Å². The van der Waals surface area contributed by atoms with Gasteiger partial charge in [-0.2, -0.15) is 18.3 Å². The number of amides is 1. The van der Waals surface area contributed by atoms with Crippen LogP contribution >= 0.6 is 0 Å². The van der Waals surface area contributed by atoms with Gasteiger partial charge in [0.15, 0.2) is 11.7 Å². The van der Waals surface area contributed by atoms with Gasteiger partial charge >= 0.3 is 6.18 Å². The number of fused-ring (bicyclic) bond motifs is 1. The summed E-state index contributed by atoms with van der Waals surface area (Å²) in [6, 6.07) is 2.02. The minimum Gasteiger partial charge on any atom is -0.467 e. The molecule has 6 nitrogen and oxygen atoms in total. The Morgan fingerprint density at radius 3 is 3.00 bits per heavy atom. The van der Waals surface area contributed by atoms with E-state index in [1.54, 1.807) is 12.1 Å². The third-order valence-electron chi connectivity index (χ3n) is 3.72. The molecule has 2 aromatic rings. The van der Waals surface area contributed by atoms with Gasteiger partial charge in [-0.15, -0.1) is 6.58 Å². The molecule has 9 heteroatoms. The van der Waals surface area contributed by atoms with Crippen molar-refractivity contribution >= 4 is 11.7 Å². The predicted molar refractivity (Wildman–Crippen MR) is 79.5 cm³/mol. The van der Waals surface area contributed by atoms with Gasteiger partial charge in [0.2, 0.25) is 0 Å². The van der Waals surface area contributed by atoms with E-state index in [2.05, 4.69) is 22.3 Å². The van der Waals surface area contributed by atoms with Crippen LogP contribution in [0.3, 0.4) is 0 Å². The number of carbonyl (C=O) groups is 1. The molecule has 0 saturated heterocycles. The van der Waals surface area contributed by atoms with E-state index >= 15 is 0 Å². The zero-order valence-electron chi connectivity index (χ0n) is 12.5. The van der Waals surface area contributed by atoms with E-state index in [4.69, 9.17) is 4.42 Å². The van der Waals surface area contributed by atoms with Crippen LogP contribution in [0.4, 0.5) is 19.0 Å². The zero-order valence-corrected chi connectivity index (χ0v) is 12.5. The molecule has 24 heavy (non-hydrogen) atoms. The fourth-order valence-electron chi connectivity index (χ4n) is 2.62. The van der Waals surface area contributed by atoms with Crippen molar-refractivity contribution in [1.82, 2.24) is 15.1 Å². The van der Waals surface area contributed by atoms with Crippen molar-refractivity contribution in [2.45, 2.75) is 24.7 Å². The minimum absolute atomic E-state index is 0.0892. The third kappa shape index (κ3) is 3.01. The van der Waals surface area contributed by atoms with E-state index < -0.39 is 24.2 Å². The molecule has 0 bridgehead atoms. The van der Waals surface area contributed by atoms with Crippen molar-refractivity contribution in [3.05, 3.63) is 48.6 Å². The molecule has 0 unspecified atom stereocenters. The average Bonchev–Trinajstić information content (AvgIpc) is 3.19. The lowest BCUT2D eigenvalue weighted by Crippen LogP contribution is -2.35. The lowest BCUT2D eigenvalue weighted by molar-refractivity contribution is -0.174. The summed E-state index contributed by atoms with van der Waals surface area (Å²) in [6.45, 7) is 3.66. The fourth-order valence-corrected chi connectivity index (χ4v) is 2.62. The van der Waals surface area contributed by atoms with Crippen molar-refractivity contribution < 1.29 is 22.4 Å². The van der Waals surface area contributed by atoms with Crippen molar-refractivity contribution in [1.29, 1.82) is 0 Å². The Morgan fingerprint density at radius 1 is 1.58 bits per heavy atom. The van der Waals surface area contributed by atoms with Crippen molar-refractivity contribution in [2.75, 3.05) is 11.9 Å². The van der Waals surface area contributed by atoms with E-state index in [1.165, 1.54) is 18.4 Å². The van der Waals surface area contributed by atoms with Gasteiger partial charge < -0.3 is 15.1 Å². The number of hydrogen-bond acceptors (Lipinski definition) is 4. The highest BCUT2D eigenvalue weighted by Gasteiger charge is 2.47. The van der Waals surface area contributed by atoms with Crippen LogP contribution in [0.15, 0.2) is 41.5 Å². The summed E-state index contributed by atoms with van der Waals surface area (Å²) in [7, 11) is 0. The van der Waals surface area contributed by atoms with Gasteiger partial charge in [0.25, 0.3) is 5.91 Å². The van der Waals surface area contributed by atoms with Crippen molar-refractivity contribution in [3.63, 3.8) is 0 Å². The number of rotatable bonds is 4. The zero-order chi connectivity index (χ0) is 17.3. The monoisotopic (exact) mass is 340 g/mol. The Hall–Kier alpha value is -2.71. The molecular weight excluding hydrogens is 325 g/mol. The topological polar surface area (TPSA) is 72.1 Å². The lowest BCUT2D eigenvalue weighted by atomic mass is 10.0. The second-order valence-electron chi connectivity index (χ2n) is 5.36. The Kier molecular flexibility index (Phi) is 4.08. The van der Waals surface area contributed by atoms with Crippen LogP contribution in [0.5, 0.6) is 0 Å². The first kappa shape index (κ1) is 16.2. The maximum absolute atomic E-state index is 13.4. The molecule has 1 aliphatic heterocycles. The largest absolute Gasteiger partial charge is 0.467 e. The Morgan fingerprint density at radius 2 is 2.38 bits per heavy atom. The molecule has 1 aliphatic rings. The second kappa shape index (κ2) is 6.06. The highest BCUT2D eigenvalue weighted by Crippen LogP contribution is 2.43. The van der Waals surface area contributed by atoms with Crippen LogP contribution in [-0.4, -0.2) is 28.4 Å². The Labute approximate surface area is 135 Å². The number of halogens is 3. The molecule has 1 amide bonds. The quantitative estimate of drug-likeness (QED) is 0.839. The molecule has 0 radical (unpaired) electrons. The van der Waals surface area contributed by atoms with Crippen molar-refractivity contribution in [3.8, 4) is 0 Å². The molecule has 0 spiro atoms. The summed E-state index contributed by atoms with van der Waals surface area (Å²) in [5.41, 5.74) is -0.0892. The summed E-state index contributed by atoms with van der Waals surface area (Å²) in [4.78, 5) is 11.9. The van der Waals surface area contributed by atoms with E-state index in [-0.39, 0.29) is 24.5 Å². The number of nitrogens with one attached hydrogen (secondary N) is 2. The third-order valence-corrected chi connectivity index (χ3v) is 3.72. The summed E-state index contributed by atoms with van der Waals surface area (Å²) < 4.78 is 46.3. The standard InChI is InChI=1S/C15H15F3N4O2/c1-2-5-19-14(23)10-8-13-20-9(11-4-3-6-24-11)7-12(15(16,17)18)22(13)21-10/h2-4,6,8-9,12,20H,1,5,7H2,(H,19,23)/t9-,12+/m1/s1. The molecule has 2 N–H and O–H groups in total. The smallest absolute Gasteiger partial charge is 0.410 e. The van der Waals surface area contributed by atoms with Crippen LogP contribution in [0, 0.1) is 0 Å². The molecule has 3 rings (SSSR count). The van der Waals surface area contributed by atoms with Crippen molar-refractivity contribution in [2.24, 2.45) is 0 Å². The molecule has 0 aromatic carbocycles. The molecule has 0 fully saturated rings. The van der Waals surface area contributed by atoms with E-state index in [0.717, 1.165) is 4.68 Å². The number of aromatic nitrogens is 2. The average molecular weight is 340 g/mol. The highest BCUT2D eigenvalue weighted by atomic mass is 19.4. The number of carbonyl (C=O) groups excluding carboxylic acids is 1. The van der Waals surface area contributed by atoms with Gasteiger partial charge in [-0.05, 0) is 12.1 Å². The lowest BCUT2D eigenvalue weighted by Gasteiger charge is -2.32. The first-order chi connectivity index (χ1) is 11.4. The first-order valence-corrected chi connectivity index (χ1v) is 7.25.